The van der Waals surface area contributed by atoms with Gasteiger partial charge in [0.1, 0.15) is 0 Å². The van der Waals surface area contributed by atoms with Gasteiger partial charge in [0, 0.05) is 8.04 Å². The second kappa shape index (κ2) is 4.95. The monoisotopic (exact) mass is 354 g/mol. The van der Waals surface area contributed by atoms with E-state index < -0.39 is 0 Å². The van der Waals surface area contributed by atoms with Crippen molar-refractivity contribution >= 4 is 44.5 Å². The molecule has 0 saturated heterocycles. The highest BCUT2D eigenvalue weighted by Crippen LogP contribution is 2.17. The van der Waals surface area contributed by atoms with Gasteiger partial charge in [-0.3, -0.25) is 0 Å². The summed E-state index contributed by atoms with van der Waals surface area (Å²) in [6, 6.07) is 5.48. The van der Waals surface area contributed by atoms with Gasteiger partial charge in [0.05, 0.1) is 12.2 Å². The molecule has 1 rings (SSSR count). The molecule has 2 nitrogen and oxygen atoms in total. The van der Waals surface area contributed by atoms with Crippen LogP contribution in [0.1, 0.15) is 17.3 Å². The number of hydrogen-bond acceptors (Lipinski definition) is 2. The van der Waals surface area contributed by atoms with Gasteiger partial charge in [-0.2, -0.15) is 0 Å². The Bertz CT molecular complexity index is 305. The largest absolute Gasteiger partial charge is 0.462 e. The van der Waals surface area contributed by atoms with E-state index >= 15 is 0 Å². The zero-order chi connectivity index (χ0) is 9.84. The van der Waals surface area contributed by atoms with Crippen molar-refractivity contribution in [2.75, 3.05) is 6.61 Å². The SMILES string of the molecule is CCOC(=O)c1cc(Br)cc(I)c1. The molecule has 0 atom stereocenters. The minimum absolute atomic E-state index is 0.276. The number of rotatable bonds is 2. The second-order valence-electron chi connectivity index (χ2n) is 2.38. The van der Waals surface area contributed by atoms with Crippen LogP contribution in [0.15, 0.2) is 22.7 Å². The van der Waals surface area contributed by atoms with Crippen molar-refractivity contribution in [3.63, 3.8) is 0 Å². The highest BCUT2D eigenvalue weighted by molar-refractivity contribution is 14.1. The van der Waals surface area contributed by atoms with Gasteiger partial charge in [-0.15, -0.1) is 0 Å². The molecule has 1 aromatic rings. The van der Waals surface area contributed by atoms with Crippen LogP contribution in [-0.4, -0.2) is 12.6 Å². The van der Waals surface area contributed by atoms with Crippen molar-refractivity contribution in [2.45, 2.75) is 6.92 Å². The van der Waals surface area contributed by atoms with Gasteiger partial charge in [0.25, 0.3) is 0 Å². The zero-order valence-corrected chi connectivity index (χ0v) is 10.8. The Labute approximate surface area is 98.9 Å². The number of carbonyl (C=O) groups is 1. The van der Waals surface area contributed by atoms with Crippen molar-refractivity contribution in [2.24, 2.45) is 0 Å². The maximum atomic E-state index is 11.3. The van der Waals surface area contributed by atoms with E-state index in [2.05, 4.69) is 38.5 Å². The molecule has 0 N–H and O–H groups in total. The van der Waals surface area contributed by atoms with Crippen molar-refractivity contribution in [3.05, 3.63) is 31.8 Å². The fraction of sp³-hybridized carbons (Fsp3) is 0.222. The van der Waals surface area contributed by atoms with Crippen LogP contribution in [0, 0.1) is 3.57 Å². The van der Waals surface area contributed by atoms with Crippen molar-refractivity contribution < 1.29 is 9.53 Å². The fourth-order valence-electron chi connectivity index (χ4n) is 0.886. The lowest BCUT2D eigenvalue weighted by atomic mass is 10.2. The Morgan fingerprint density at radius 1 is 1.54 bits per heavy atom. The number of ether oxygens (including phenoxy) is 1. The summed E-state index contributed by atoms with van der Waals surface area (Å²) in [5.41, 5.74) is 0.584. The van der Waals surface area contributed by atoms with Crippen LogP contribution < -0.4 is 0 Å². The lowest BCUT2D eigenvalue weighted by Gasteiger charge is -2.02. The molecule has 0 bridgehead atoms. The van der Waals surface area contributed by atoms with Crippen molar-refractivity contribution in [1.82, 2.24) is 0 Å². The molecular formula is C9H8BrIO2. The van der Waals surface area contributed by atoms with Crippen LogP contribution in [0.25, 0.3) is 0 Å². The Balaban J connectivity index is 2.94. The Hall–Kier alpha value is -0.100. The van der Waals surface area contributed by atoms with E-state index in [4.69, 9.17) is 4.74 Å². The van der Waals surface area contributed by atoms with E-state index in [1.54, 1.807) is 19.1 Å². The molecule has 0 aliphatic carbocycles. The third-order valence-electron chi connectivity index (χ3n) is 1.37. The van der Waals surface area contributed by atoms with Gasteiger partial charge in [0.2, 0.25) is 0 Å². The first-order valence-electron chi connectivity index (χ1n) is 3.76. The Morgan fingerprint density at radius 3 is 2.77 bits per heavy atom. The molecule has 0 aliphatic heterocycles. The summed E-state index contributed by atoms with van der Waals surface area (Å²) in [6.07, 6.45) is 0. The average molecular weight is 355 g/mol. The third kappa shape index (κ3) is 3.27. The summed E-state index contributed by atoms with van der Waals surface area (Å²) in [7, 11) is 0. The van der Waals surface area contributed by atoms with E-state index in [1.807, 2.05) is 6.07 Å². The van der Waals surface area contributed by atoms with Crippen LogP contribution in [0.5, 0.6) is 0 Å². The molecule has 4 heteroatoms. The average Bonchev–Trinajstić information content (AvgIpc) is 2.03. The summed E-state index contributed by atoms with van der Waals surface area (Å²) in [6.45, 7) is 2.20. The molecular weight excluding hydrogens is 347 g/mol. The fourth-order valence-corrected chi connectivity index (χ4v) is 2.48. The first kappa shape index (κ1) is 11.0. The van der Waals surface area contributed by atoms with Crippen LogP contribution in [0.4, 0.5) is 0 Å². The number of halogens is 2. The van der Waals surface area contributed by atoms with Crippen LogP contribution in [0.2, 0.25) is 0 Å². The third-order valence-corrected chi connectivity index (χ3v) is 2.45. The molecule has 0 heterocycles. The Morgan fingerprint density at radius 2 is 2.23 bits per heavy atom. The van der Waals surface area contributed by atoms with Gasteiger partial charge >= 0.3 is 5.97 Å². The van der Waals surface area contributed by atoms with E-state index in [-0.39, 0.29) is 5.97 Å². The van der Waals surface area contributed by atoms with E-state index in [0.29, 0.717) is 12.2 Å². The molecule has 0 aliphatic rings. The van der Waals surface area contributed by atoms with Gasteiger partial charge in [-0.1, -0.05) is 15.9 Å². The molecule has 0 saturated carbocycles. The summed E-state index contributed by atoms with van der Waals surface area (Å²) >= 11 is 5.47. The van der Waals surface area contributed by atoms with Crippen LogP contribution in [0.3, 0.4) is 0 Å². The maximum Gasteiger partial charge on any atom is 0.338 e. The predicted octanol–water partition coefficient (Wildman–Crippen LogP) is 3.23. The first-order chi connectivity index (χ1) is 6.13. The van der Waals surface area contributed by atoms with E-state index in [0.717, 1.165) is 8.04 Å². The molecule has 13 heavy (non-hydrogen) atoms. The summed E-state index contributed by atoms with van der Waals surface area (Å²) < 4.78 is 6.78. The maximum absolute atomic E-state index is 11.3. The smallest absolute Gasteiger partial charge is 0.338 e. The molecule has 0 spiro atoms. The highest BCUT2D eigenvalue weighted by atomic mass is 127. The lowest BCUT2D eigenvalue weighted by molar-refractivity contribution is 0.0526. The molecule has 1 aromatic carbocycles. The van der Waals surface area contributed by atoms with Crippen LogP contribution in [-0.2, 0) is 4.74 Å². The molecule has 0 amide bonds. The predicted molar refractivity (Wildman–Crippen MR) is 62.8 cm³/mol. The molecule has 0 radical (unpaired) electrons. The van der Waals surface area contributed by atoms with Crippen LogP contribution >= 0.6 is 38.5 Å². The molecule has 70 valence electrons. The summed E-state index contributed by atoms with van der Waals surface area (Å²) in [4.78, 5) is 11.3. The van der Waals surface area contributed by atoms with E-state index in [9.17, 15) is 4.79 Å². The minimum Gasteiger partial charge on any atom is -0.462 e. The number of benzene rings is 1. The molecule has 0 unspecified atom stereocenters. The minimum atomic E-state index is -0.276. The quantitative estimate of drug-likeness (QED) is 0.602. The van der Waals surface area contributed by atoms with Gasteiger partial charge in [-0.05, 0) is 47.7 Å². The lowest BCUT2D eigenvalue weighted by Crippen LogP contribution is -2.04. The number of hydrogen-bond donors (Lipinski definition) is 0. The van der Waals surface area contributed by atoms with E-state index in [1.165, 1.54) is 0 Å². The van der Waals surface area contributed by atoms with Crippen molar-refractivity contribution in [3.8, 4) is 0 Å². The Kier molecular flexibility index (Phi) is 4.18. The normalized spacial score (nSPS) is 9.77. The number of esters is 1. The standard InChI is InChI=1S/C9H8BrIO2/c1-2-13-9(12)6-3-7(10)5-8(11)4-6/h3-5H,2H2,1H3. The molecule has 0 fully saturated rings. The summed E-state index contributed by atoms with van der Waals surface area (Å²) in [5, 5.41) is 0. The van der Waals surface area contributed by atoms with Gasteiger partial charge in [-0.25, -0.2) is 4.79 Å². The highest BCUT2D eigenvalue weighted by Gasteiger charge is 2.07. The van der Waals surface area contributed by atoms with Crippen molar-refractivity contribution in [1.29, 1.82) is 0 Å². The number of carbonyl (C=O) groups excluding carboxylic acids is 1. The van der Waals surface area contributed by atoms with Gasteiger partial charge < -0.3 is 4.74 Å². The van der Waals surface area contributed by atoms with Gasteiger partial charge in [0.15, 0.2) is 0 Å². The summed E-state index contributed by atoms with van der Waals surface area (Å²) in [5.74, 6) is -0.276. The topological polar surface area (TPSA) is 26.3 Å². The zero-order valence-electron chi connectivity index (χ0n) is 7.01. The second-order valence-corrected chi connectivity index (χ2v) is 4.54. The first-order valence-corrected chi connectivity index (χ1v) is 5.64. The molecule has 0 aromatic heterocycles.